The lowest BCUT2D eigenvalue weighted by Crippen LogP contribution is -2.17. The number of benzene rings is 1. The molecule has 16 heavy (non-hydrogen) atoms. The molecule has 1 aliphatic heterocycles. The molecule has 0 amide bonds. The van der Waals surface area contributed by atoms with Crippen molar-refractivity contribution < 1.29 is 19.7 Å². The first-order chi connectivity index (χ1) is 7.65. The predicted octanol–water partition coefficient (Wildman–Crippen LogP) is 1.03. The topological polar surface area (TPSA) is 71.0 Å². The molecular formula is C10H12ClNO4. The molecule has 1 aromatic carbocycles. The molecule has 0 saturated heterocycles. The Hall–Kier alpha value is -1.17. The van der Waals surface area contributed by atoms with Crippen molar-refractivity contribution in [2.75, 3.05) is 20.4 Å². The maximum atomic E-state index is 9.87. The Balaban J connectivity index is 2.49. The van der Waals surface area contributed by atoms with Gasteiger partial charge in [0.15, 0.2) is 11.5 Å². The third-order valence-electron chi connectivity index (χ3n) is 2.36. The van der Waals surface area contributed by atoms with Crippen molar-refractivity contribution in [3.05, 3.63) is 16.7 Å². The molecule has 1 aromatic rings. The summed E-state index contributed by atoms with van der Waals surface area (Å²) in [6, 6.07) is 1.47. The SMILES string of the molecule is CNCC(O)c1c(O)c(Cl)cc2c1OCO2. The Morgan fingerprint density at radius 1 is 1.56 bits per heavy atom. The lowest BCUT2D eigenvalue weighted by molar-refractivity contribution is 0.155. The molecule has 0 spiro atoms. The number of ether oxygens (including phenoxy) is 2. The molecule has 1 aliphatic rings. The lowest BCUT2D eigenvalue weighted by Gasteiger charge is -2.15. The van der Waals surface area contributed by atoms with Gasteiger partial charge in [-0.3, -0.25) is 0 Å². The van der Waals surface area contributed by atoms with Gasteiger partial charge >= 0.3 is 0 Å². The van der Waals surface area contributed by atoms with Crippen molar-refractivity contribution in [3.63, 3.8) is 0 Å². The maximum Gasteiger partial charge on any atom is 0.231 e. The van der Waals surface area contributed by atoms with E-state index in [0.29, 0.717) is 11.5 Å². The van der Waals surface area contributed by atoms with Crippen LogP contribution in [0.2, 0.25) is 5.02 Å². The van der Waals surface area contributed by atoms with E-state index in [-0.39, 0.29) is 29.7 Å². The third-order valence-corrected chi connectivity index (χ3v) is 2.64. The number of hydrogen-bond acceptors (Lipinski definition) is 5. The van der Waals surface area contributed by atoms with Gasteiger partial charge in [-0.05, 0) is 7.05 Å². The molecule has 0 bridgehead atoms. The molecule has 0 aromatic heterocycles. The van der Waals surface area contributed by atoms with Gasteiger partial charge in [-0.1, -0.05) is 11.6 Å². The van der Waals surface area contributed by atoms with Crippen molar-refractivity contribution in [2.45, 2.75) is 6.10 Å². The number of aliphatic hydroxyl groups is 1. The van der Waals surface area contributed by atoms with Gasteiger partial charge in [-0.2, -0.15) is 0 Å². The first kappa shape index (κ1) is 11.3. The van der Waals surface area contributed by atoms with Crippen molar-refractivity contribution >= 4 is 11.6 Å². The highest BCUT2D eigenvalue weighted by Crippen LogP contribution is 2.47. The molecule has 1 atom stereocenters. The molecule has 2 rings (SSSR count). The fourth-order valence-corrected chi connectivity index (χ4v) is 1.83. The number of halogens is 1. The number of rotatable bonds is 3. The van der Waals surface area contributed by atoms with Crippen LogP contribution in [0.5, 0.6) is 17.2 Å². The van der Waals surface area contributed by atoms with E-state index in [1.54, 1.807) is 7.05 Å². The summed E-state index contributed by atoms with van der Waals surface area (Å²) in [6.45, 7) is 0.345. The summed E-state index contributed by atoms with van der Waals surface area (Å²) in [4.78, 5) is 0. The quantitative estimate of drug-likeness (QED) is 0.742. The maximum absolute atomic E-state index is 9.87. The van der Waals surface area contributed by atoms with Gasteiger partial charge in [0.1, 0.15) is 5.75 Å². The van der Waals surface area contributed by atoms with Crippen molar-refractivity contribution in [1.82, 2.24) is 5.32 Å². The number of aliphatic hydroxyl groups excluding tert-OH is 1. The molecule has 0 radical (unpaired) electrons. The summed E-state index contributed by atoms with van der Waals surface area (Å²) < 4.78 is 10.4. The van der Waals surface area contributed by atoms with E-state index in [9.17, 15) is 10.2 Å². The average molecular weight is 246 g/mol. The zero-order valence-corrected chi connectivity index (χ0v) is 9.41. The number of hydrogen-bond donors (Lipinski definition) is 3. The van der Waals surface area contributed by atoms with Crippen LogP contribution in [0, 0.1) is 0 Å². The van der Waals surface area contributed by atoms with Crippen LogP contribution in [0.1, 0.15) is 11.7 Å². The van der Waals surface area contributed by atoms with Crippen LogP contribution in [0.25, 0.3) is 0 Å². The van der Waals surface area contributed by atoms with E-state index < -0.39 is 6.10 Å². The summed E-state index contributed by atoms with van der Waals surface area (Å²) in [5, 5.41) is 22.6. The van der Waals surface area contributed by atoms with Gasteiger partial charge in [0, 0.05) is 12.6 Å². The third kappa shape index (κ3) is 1.77. The van der Waals surface area contributed by atoms with Crippen molar-refractivity contribution in [1.29, 1.82) is 0 Å². The first-order valence-corrected chi connectivity index (χ1v) is 5.16. The number of fused-ring (bicyclic) bond motifs is 1. The van der Waals surface area contributed by atoms with E-state index in [1.165, 1.54) is 6.07 Å². The summed E-state index contributed by atoms with van der Waals surface area (Å²) in [6.07, 6.45) is -0.904. The highest BCUT2D eigenvalue weighted by Gasteiger charge is 2.27. The van der Waals surface area contributed by atoms with E-state index >= 15 is 0 Å². The minimum atomic E-state index is -0.904. The number of likely N-dealkylation sites (N-methyl/N-ethyl adjacent to an activating group) is 1. The lowest BCUT2D eigenvalue weighted by atomic mass is 10.1. The monoisotopic (exact) mass is 245 g/mol. The predicted molar refractivity (Wildman–Crippen MR) is 58.1 cm³/mol. The van der Waals surface area contributed by atoms with Gasteiger partial charge in [-0.25, -0.2) is 0 Å². The second-order valence-electron chi connectivity index (χ2n) is 3.43. The van der Waals surface area contributed by atoms with Crippen molar-refractivity contribution in [3.8, 4) is 17.2 Å². The van der Waals surface area contributed by atoms with Gasteiger partial charge in [0.2, 0.25) is 6.79 Å². The van der Waals surface area contributed by atoms with E-state index in [1.807, 2.05) is 0 Å². The summed E-state index contributed by atoms with van der Waals surface area (Å²) in [5.74, 6) is 0.617. The van der Waals surface area contributed by atoms with Crippen LogP contribution in [0.15, 0.2) is 6.07 Å². The van der Waals surface area contributed by atoms with Crippen LogP contribution >= 0.6 is 11.6 Å². The summed E-state index contributed by atoms with van der Waals surface area (Å²) >= 11 is 5.82. The van der Waals surface area contributed by atoms with Gasteiger partial charge in [0.25, 0.3) is 0 Å². The second-order valence-corrected chi connectivity index (χ2v) is 3.84. The number of phenols is 1. The zero-order chi connectivity index (χ0) is 11.7. The van der Waals surface area contributed by atoms with E-state index in [2.05, 4.69) is 5.32 Å². The molecular weight excluding hydrogens is 234 g/mol. The highest BCUT2D eigenvalue weighted by molar-refractivity contribution is 6.32. The number of aromatic hydroxyl groups is 1. The minimum Gasteiger partial charge on any atom is -0.506 e. The molecule has 1 heterocycles. The molecule has 0 aliphatic carbocycles. The molecule has 88 valence electrons. The molecule has 0 fully saturated rings. The Kier molecular flexibility index (Phi) is 3.09. The standard InChI is InChI=1S/C10H12ClNO4/c1-12-3-6(13)8-9(14)5(11)2-7-10(8)16-4-15-7/h2,6,12-14H,3-4H2,1H3. The molecule has 1 unspecified atom stereocenters. The Labute approximate surface area is 97.6 Å². The normalized spacial score (nSPS) is 15.2. The Bertz CT molecular complexity index is 410. The minimum absolute atomic E-state index is 0.0639. The highest BCUT2D eigenvalue weighted by atomic mass is 35.5. The molecule has 5 nitrogen and oxygen atoms in total. The van der Waals surface area contributed by atoms with Crippen LogP contribution in [0.3, 0.4) is 0 Å². The Morgan fingerprint density at radius 3 is 3.00 bits per heavy atom. The second kappa shape index (κ2) is 4.37. The Morgan fingerprint density at radius 2 is 2.31 bits per heavy atom. The van der Waals surface area contributed by atoms with E-state index in [4.69, 9.17) is 21.1 Å². The van der Waals surface area contributed by atoms with Crippen LogP contribution in [-0.2, 0) is 0 Å². The molecule has 3 N–H and O–H groups in total. The fourth-order valence-electron chi connectivity index (χ4n) is 1.63. The van der Waals surface area contributed by atoms with E-state index in [0.717, 1.165) is 0 Å². The molecule has 0 saturated carbocycles. The van der Waals surface area contributed by atoms with Crippen LogP contribution < -0.4 is 14.8 Å². The van der Waals surface area contributed by atoms with Gasteiger partial charge < -0.3 is 25.0 Å². The summed E-state index contributed by atoms with van der Waals surface area (Å²) in [5.41, 5.74) is 0.259. The van der Waals surface area contributed by atoms with Crippen LogP contribution in [0.4, 0.5) is 0 Å². The smallest absolute Gasteiger partial charge is 0.231 e. The number of nitrogens with one attached hydrogen (secondary N) is 1. The van der Waals surface area contributed by atoms with Gasteiger partial charge in [0.05, 0.1) is 16.7 Å². The van der Waals surface area contributed by atoms with Crippen LogP contribution in [-0.4, -0.2) is 30.6 Å². The fraction of sp³-hybridized carbons (Fsp3) is 0.400. The number of phenolic OH excluding ortho intramolecular Hbond substituents is 1. The largest absolute Gasteiger partial charge is 0.506 e. The van der Waals surface area contributed by atoms with Crippen molar-refractivity contribution in [2.24, 2.45) is 0 Å². The molecule has 6 heteroatoms. The first-order valence-electron chi connectivity index (χ1n) is 4.78. The van der Waals surface area contributed by atoms with Gasteiger partial charge in [-0.15, -0.1) is 0 Å². The average Bonchev–Trinajstić information content (AvgIpc) is 2.67. The zero-order valence-electron chi connectivity index (χ0n) is 8.66. The summed E-state index contributed by atoms with van der Waals surface area (Å²) in [7, 11) is 1.70.